The van der Waals surface area contributed by atoms with Gasteiger partial charge in [-0.25, -0.2) is 0 Å². The molecule has 0 bridgehead atoms. The van der Waals surface area contributed by atoms with Crippen LogP contribution in [-0.4, -0.2) is 34.8 Å². The van der Waals surface area contributed by atoms with Crippen molar-refractivity contribution in [3.05, 3.63) is 0 Å². The van der Waals surface area contributed by atoms with Crippen LogP contribution in [0.4, 0.5) is 0 Å². The molecule has 2 aliphatic carbocycles. The van der Waals surface area contributed by atoms with Crippen molar-refractivity contribution in [2.75, 3.05) is 0 Å². The number of nitrogens with one attached hydrogen (secondary N) is 1. The second kappa shape index (κ2) is 3.84. The topological polar surface area (TPSA) is 49.4 Å². The van der Waals surface area contributed by atoms with Crippen molar-refractivity contribution in [2.45, 2.75) is 63.1 Å². The van der Waals surface area contributed by atoms with E-state index in [0.717, 1.165) is 38.5 Å². The van der Waals surface area contributed by atoms with E-state index in [1.807, 2.05) is 0 Å². The molecule has 3 aliphatic rings. The number of rotatable bonds is 3. The first-order valence-electron chi connectivity index (χ1n) is 6.37. The van der Waals surface area contributed by atoms with Crippen molar-refractivity contribution in [3.63, 3.8) is 0 Å². The summed E-state index contributed by atoms with van der Waals surface area (Å²) in [5.41, 5.74) is 0. The minimum absolute atomic E-state index is 0.0313. The number of hydrogen-bond donors (Lipinski definition) is 1. The molecule has 1 atom stereocenters. The Morgan fingerprint density at radius 1 is 1.06 bits per heavy atom. The van der Waals surface area contributed by atoms with E-state index in [0.29, 0.717) is 12.5 Å². The zero-order chi connectivity index (χ0) is 11.1. The molecular weight excluding hydrogens is 204 g/mol. The van der Waals surface area contributed by atoms with E-state index in [4.69, 9.17) is 0 Å². The molecule has 4 nitrogen and oxygen atoms in total. The maximum atomic E-state index is 12.1. The van der Waals surface area contributed by atoms with Gasteiger partial charge in [0, 0.05) is 12.1 Å². The highest BCUT2D eigenvalue weighted by Gasteiger charge is 2.44. The van der Waals surface area contributed by atoms with E-state index in [1.54, 1.807) is 4.90 Å². The third kappa shape index (κ3) is 1.75. The fourth-order valence-electron chi connectivity index (χ4n) is 2.86. The highest BCUT2D eigenvalue weighted by Crippen LogP contribution is 2.29. The van der Waals surface area contributed by atoms with Gasteiger partial charge in [0.25, 0.3) is 0 Å². The minimum Gasteiger partial charge on any atom is -0.303 e. The summed E-state index contributed by atoms with van der Waals surface area (Å²) < 4.78 is 0. The van der Waals surface area contributed by atoms with Gasteiger partial charge >= 0.3 is 0 Å². The molecule has 88 valence electrons. The van der Waals surface area contributed by atoms with Crippen molar-refractivity contribution in [3.8, 4) is 0 Å². The van der Waals surface area contributed by atoms with Gasteiger partial charge in [-0.05, 0) is 25.7 Å². The van der Waals surface area contributed by atoms with Gasteiger partial charge in [0.2, 0.25) is 11.8 Å². The molecule has 1 heterocycles. The summed E-state index contributed by atoms with van der Waals surface area (Å²) in [7, 11) is 0. The lowest BCUT2D eigenvalue weighted by molar-refractivity contribution is -0.141. The van der Waals surface area contributed by atoms with Crippen LogP contribution in [0.5, 0.6) is 0 Å². The van der Waals surface area contributed by atoms with Crippen LogP contribution >= 0.6 is 0 Å². The molecule has 1 unspecified atom stereocenters. The lowest BCUT2D eigenvalue weighted by atomic mass is 10.2. The Morgan fingerprint density at radius 3 is 2.38 bits per heavy atom. The van der Waals surface area contributed by atoms with Crippen LogP contribution in [0.2, 0.25) is 0 Å². The number of nitrogens with zero attached hydrogens (tertiary/aromatic N) is 1. The second-order valence-corrected chi connectivity index (χ2v) is 5.24. The average molecular weight is 222 g/mol. The maximum absolute atomic E-state index is 12.1. The molecule has 1 saturated heterocycles. The Balaban J connectivity index is 1.68. The summed E-state index contributed by atoms with van der Waals surface area (Å²) in [6.45, 7) is 0. The fraction of sp³-hybridized carbons (Fsp3) is 0.833. The summed E-state index contributed by atoms with van der Waals surface area (Å²) in [6.07, 6.45) is 7.01. The van der Waals surface area contributed by atoms with Gasteiger partial charge in [-0.3, -0.25) is 14.5 Å². The Bertz CT molecular complexity index is 319. The molecule has 3 rings (SSSR count). The zero-order valence-electron chi connectivity index (χ0n) is 9.45. The number of carbonyl (C=O) groups is 2. The van der Waals surface area contributed by atoms with E-state index in [9.17, 15) is 9.59 Å². The fourth-order valence-corrected chi connectivity index (χ4v) is 2.86. The number of hydrogen-bond acceptors (Lipinski definition) is 3. The molecule has 16 heavy (non-hydrogen) atoms. The molecule has 1 N–H and O–H groups in total. The quantitative estimate of drug-likeness (QED) is 0.719. The first kappa shape index (κ1) is 10.3. The van der Waals surface area contributed by atoms with E-state index >= 15 is 0 Å². The van der Waals surface area contributed by atoms with E-state index in [-0.39, 0.29) is 23.9 Å². The standard InChI is InChI=1S/C12H18N2O2/c15-11-7-10(13-8-5-6-8)12(16)14(11)9-3-1-2-4-9/h8-10,13H,1-7H2. The second-order valence-electron chi connectivity index (χ2n) is 5.24. The molecule has 4 heteroatoms. The van der Waals surface area contributed by atoms with Gasteiger partial charge in [0.05, 0.1) is 12.5 Å². The Morgan fingerprint density at radius 2 is 1.75 bits per heavy atom. The SMILES string of the molecule is O=C1CC(NC2CC2)C(=O)N1C1CCCC1. The van der Waals surface area contributed by atoms with E-state index < -0.39 is 0 Å². The molecule has 2 amide bonds. The Hall–Kier alpha value is -0.900. The summed E-state index contributed by atoms with van der Waals surface area (Å²) in [6, 6.07) is 0.469. The molecule has 0 spiro atoms. The van der Waals surface area contributed by atoms with Gasteiger partial charge in [0.15, 0.2) is 0 Å². The van der Waals surface area contributed by atoms with Crippen molar-refractivity contribution >= 4 is 11.8 Å². The monoisotopic (exact) mass is 222 g/mol. The molecular formula is C12H18N2O2. The number of carbonyl (C=O) groups excluding carboxylic acids is 2. The summed E-state index contributed by atoms with van der Waals surface area (Å²) in [5, 5.41) is 3.27. The van der Waals surface area contributed by atoms with E-state index in [2.05, 4.69) is 5.32 Å². The number of amides is 2. The van der Waals surface area contributed by atoms with Crippen LogP contribution in [-0.2, 0) is 9.59 Å². The molecule has 0 aromatic carbocycles. The third-order valence-electron chi connectivity index (χ3n) is 3.89. The highest BCUT2D eigenvalue weighted by molar-refractivity contribution is 6.05. The summed E-state index contributed by atoms with van der Waals surface area (Å²) >= 11 is 0. The smallest absolute Gasteiger partial charge is 0.247 e. The van der Waals surface area contributed by atoms with Crippen molar-refractivity contribution in [2.24, 2.45) is 0 Å². The third-order valence-corrected chi connectivity index (χ3v) is 3.89. The molecule has 3 fully saturated rings. The van der Waals surface area contributed by atoms with Crippen molar-refractivity contribution in [1.29, 1.82) is 0 Å². The van der Waals surface area contributed by atoms with Crippen molar-refractivity contribution in [1.82, 2.24) is 10.2 Å². The van der Waals surface area contributed by atoms with Crippen LogP contribution in [0.1, 0.15) is 44.9 Å². The molecule has 0 aromatic heterocycles. The first-order valence-corrected chi connectivity index (χ1v) is 6.37. The first-order chi connectivity index (χ1) is 7.75. The lowest BCUT2D eigenvalue weighted by Crippen LogP contribution is -2.43. The van der Waals surface area contributed by atoms with E-state index in [1.165, 1.54) is 0 Å². The molecule has 0 radical (unpaired) electrons. The molecule has 1 aliphatic heterocycles. The van der Waals surface area contributed by atoms with Gasteiger partial charge in [-0.15, -0.1) is 0 Å². The van der Waals surface area contributed by atoms with Crippen molar-refractivity contribution < 1.29 is 9.59 Å². The van der Waals surface area contributed by atoms with Gasteiger partial charge in [-0.1, -0.05) is 12.8 Å². The van der Waals surface area contributed by atoms with Crippen LogP contribution in [0, 0.1) is 0 Å². The largest absolute Gasteiger partial charge is 0.303 e. The minimum atomic E-state index is -0.222. The molecule has 2 saturated carbocycles. The maximum Gasteiger partial charge on any atom is 0.247 e. The Labute approximate surface area is 95.4 Å². The predicted molar refractivity (Wildman–Crippen MR) is 58.7 cm³/mol. The van der Waals surface area contributed by atoms with Crippen LogP contribution < -0.4 is 5.32 Å². The van der Waals surface area contributed by atoms with Crippen LogP contribution in [0.15, 0.2) is 0 Å². The average Bonchev–Trinajstić information content (AvgIpc) is 2.81. The van der Waals surface area contributed by atoms with Gasteiger partial charge < -0.3 is 5.32 Å². The van der Waals surface area contributed by atoms with Gasteiger partial charge in [-0.2, -0.15) is 0 Å². The summed E-state index contributed by atoms with van der Waals surface area (Å²) in [4.78, 5) is 25.5. The molecule has 0 aromatic rings. The highest BCUT2D eigenvalue weighted by atomic mass is 16.2. The lowest BCUT2D eigenvalue weighted by Gasteiger charge is -2.22. The van der Waals surface area contributed by atoms with Gasteiger partial charge in [0.1, 0.15) is 0 Å². The summed E-state index contributed by atoms with van der Waals surface area (Å²) in [5.74, 6) is 0.0684. The zero-order valence-corrected chi connectivity index (χ0v) is 9.45. The number of likely N-dealkylation sites (tertiary alicyclic amines) is 1. The predicted octanol–water partition coefficient (Wildman–Crippen LogP) is 0.808. The normalized spacial score (nSPS) is 31.8. The Kier molecular flexibility index (Phi) is 2.46. The van der Waals surface area contributed by atoms with Crippen LogP contribution in [0.3, 0.4) is 0 Å². The van der Waals surface area contributed by atoms with Crippen LogP contribution in [0.25, 0.3) is 0 Å². The number of imide groups is 1.